The van der Waals surface area contributed by atoms with Crippen LogP contribution in [0, 0.1) is 0 Å². The van der Waals surface area contributed by atoms with Gasteiger partial charge in [-0.3, -0.25) is 24.0 Å². The smallest absolute Gasteiger partial charge is 0.303 e. The maximum absolute atomic E-state index is 12.1. The fourth-order valence-electron chi connectivity index (χ4n) is 3.63. The van der Waals surface area contributed by atoms with E-state index < -0.39 is 69.5 Å². The minimum absolute atomic E-state index is 0.0344. The van der Waals surface area contributed by atoms with Gasteiger partial charge in [0.15, 0.2) is 18.5 Å². The molecule has 0 radical (unpaired) electrons. The van der Waals surface area contributed by atoms with E-state index in [4.69, 9.17) is 32.8 Å². The van der Waals surface area contributed by atoms with E-state index in [2.05, 4.69) is 33.9 Å². The number of aldehydes is 1. The maximum atomic E-state index is 12.1. The number of carbonyl (C=O) groups is 5. The first-order chi connectivity index (χ1) is 18.4. The molecule has 2 rings (SSSR count). The van der Waals surface area contributed by atoms with Crippen molar-refractivity contribution in [1.29, 1.82) is 0 Å². The van der Waals surface area contributed by atoms with Gasteiger partial charge in [-0.05, 0) is 30.3 Å². The van der Waals surface area contributed by atoms with Crippen LogP contribution in [0.1, 0.15) is 58.8 Å². The van der Waals surface area contributed by atoms with Gasteiger partial charge in [0.2, 0.25) is 20.7 Å². The third-order valence-corrected chi connectivity index (χ3v) is 10.8. The number of benzene rings is 1. The fraction of sp³-hybridized carbons (Fsp3) is 0.593. The third-order valence-electron chi connectivity index (χ3n) is 6.48. The van der Waals surface area contributed by atoms with Crippen LogP contribution in [-0.4, -0.2) is 75.8 Å². The molecule has 0 spiro atoms. The van der Waals surface area contributed by atoms with Crippen molar-refractivity contribution in [2.24, 2.45) is 0 Å². The molecule has 1 aliphatic heterocycles. The van der Waals surface area contributed by atoms with Crippen molar-refractivity contribution in [2.75, 3.05) is 6.61 Å². The molecule has 0 bridgehead atoms. The predicted molar refractivity (Wildman–Crippen MR) is 142 cm³/mol. The summed E-state index contributed by atoms with van der Waals surface area (Å²) < 4.78 is 39.7. The third kappa shape index (κ3) is 8.78. The molecule has 1 aliphatic rings. The van der Waals surface area contributed by atoms with E-state index in [1.165, 1.54) is 19.1 Å². The van der Waals surface area contributed by atoms with E-state index in [1.54, 1.807) is 6.07 Å². The lowest BCUT2D eigenvalue weighted by atomic mass is 9.98. The van der Waals surface area contributed by atoms with Gasteiger partial charge in [0.05, 0.1) is 5.56 Å². The summed E-state index contributed by atoms with van der Waals surface area (Å²) in [5, 5.41) is -0.114. The highest BCUT2D eigenvalue weighted by Gasteiger charge is 2.53. The minimum atomic E-state index is -2.27. The van der Waals surface area contributed by atoms with Crippen LogP contribution in [0.3, 0.4) is 0 Å². The molecule has 0 aromatic heterocycles. The van der Waals surface area contributed by atoms with Gasteiger partial charge in [0.1, 0.15) is 24.2 Å². The molecule has 1 aromatic carbocycles. The lowest BCUT2D eigenvalue weighted by Gasteiger charge is -2.44. The second-order valence-corrected chi connectivity index (χ2v) is 15.6. The molecule has 12 nitrogen and oxygen atoms in total. The zero-order valence-corrected chi connectivity index (χ0v) is 25.3. The lowest BCUT2D eigenvalue weighted by Crippen LogP contribution is -2.63. The van der Waals surface area contributed by atoms with Gasteiger partial charge in [0.25, 0.3) is 0 Å². The van der Waals surface area contributed by atoms with E-state index >= 15 is 0 Å². The summed E-state index contributed by atoms with van der Waals surface area (Å²) in [5.41, 5.74) is 0.135. The van der Waals surface area contributed by atoms with Crippen molar-refractivity contribution in [1.82, 2.24) is 0 Å². The summed E-state index contributed by atoms with van der Waals surface area (Å²) in [6.45, 7) is 14.5. The Morgan fingerprint density at radius 3 is 1.93 bits per heavy atom. The van der Waals surface area contributed by atoms with Gasteiger partial charge in [-0.15, -0.1) is 0 Å². The Morgan fingerprint density at radius 2 is 1.43 bits per heavy atom. The first kappa shape index (κ1) is 32.8. The molecule has 0 amide bonds. The normalized spacial score (nSPS) is 22.9. The van der Waals surface area contributed by atoms with Crippen LogP contribution in [0.4, 0.5) is 0 Å². The number of ether oxygens (including phenoxy) is 6. The largest absolute Gasteiger partial charge is 0.543 e. The number of carbonyl (C=O) groups excluding carboxylic acids is 5. The Morgan fingerprint density at radius 1 is 0.875 bits per heavy atom. The molecule has 1 heterocycles. The molecule has 0 N–H and O–H groups in total. The average molecular weight is 583 g/mol. The first-order valence-corrected chi connectivity index (χ1v) is 15.6. The summed E-state index contributed by atoms with van der Waals surface area (Å²) in [6.07, 6.45) is -6.29. The van der Waals surface area contributed by atoms with Crippen molar-refractivity contribution < 1.29 is 56.8 Å². The second-order valence-electron chi connectivity index (χ2n) is 10.9. The Balaban J connectivity index is 2.57. The monoisotopic (exact) mass is 582 g/mol. The Kier molecular flexibility index (Phi) is 10.9. The Bertz CT molecular complexity index is 1110. The standard InChI is InChI=1S/C27H38O12Si/c1-15(29)33-14-22-23(34-16(2)30)24(35-17(3)31)25(36-18(4)32)26(38-22)37-21-12-20(11-10-19(21)13-28)39-40(8,9)27(5,6)7/h10-13,22-26H,14H2,1-9H3/t22-,23-,24+,25-,26-/m1/s1. The highest BCUT2D eigenvalue weighted by atomic mass is 28.4. The molecular formula is C27H38O12Si. The number of hydrogen-bond donors (Lipinski definition) is 0. The second kappa shape index (κ2) is 13.3. The zero-order valence-electron chi connectivity index (χ0n) is 24.3. The highest BCUT2D eigenvalue weighted by Crippen LogP contribution is 2.39. The van der Waals surface area contributed by atoms with E-state index in [-0.39, 0.29) is 16.4 Å². The minimum Gasteiger partial charge on any atom is -0.543 e. The van der Waals surface area contributed by atoms with Crippen molar-refractivity contribution in [3.8, 4) is 11.5 Å². The fourth-order valence-corrected chi connectivity index (χ4v) is 4.66. The van der Waals surface area contributed by atoms with Crippen LogP contribution in [0.25, 0.3) is 0 Å². The van der Waals surface area contributed by atoms with Gasteiger partial charge < -0.3 is 32.8 Å². The van der Waals surface area contributed by atoms with E-state index in [0.717, 1.165) is 20.8 Å². The van der Waals surface area contributed by atoms with E-state index in [0.29, 0.717) is 12.0 Å². The van der Waals surface area contributed by atoms with E-state index in [1.807, 2.05) is 0 Å². The van der Waals surface area contributed by atoms with Gasteiger partial charge in [0, 0.05) is 33.8 Å². The Labute approximate surface area is 234 Å². The first-order valence-electron chi connectivity index (χ1n) is 12.7. The molecule has 0 aliphatic carbocycles. The molecular weight excluding hydrogens is 544 g/mol. The molecule has 13 heteroatoms. The molecule has 5 atom stereocenters. The van der Waals surface area contributed by atoms with Gasteiger partial charge >= 0.3 is 23.9 Å². The zero-order chi connectivity index (χ0) is 30.4. The molecule has 0 unspecified atom stereocenters. The molecule has 40 heavy (non-hydrogen) atoms. The molecule has 222 valence electrons. The van der Waals surface area contributed by atoms with Crippen molar-refractivity contribution in [2.45, 2.75) is 97.3 Å². The van der Waals surface area contributed by atoms with Crippen molar-refractivity contribution >= 4 is 38.5 Å². The van der Waals surface area contributed by atoms with Gasteiger partial charge in [-0.2, -0.15) is 0 Å². The molecule has 0 saturated carbocycles. The number of esters is 4. The Hall–Kier alpha value is -3.45. The van der Waals surface area contributed by atoms with Crippen LogP contribution in [0.5, 0.6) is 11.5 Å². The topological polar surface area (TPSA) is 150 Å². The highest BCUT2D eigenvalue weighted by molar-refractivity contribution is 6.74. The van der Waals surface area contributed by atoms with Crippen LogP contribution in [-0.2, 0) is 42.9 Å². The van der Waals surface area contributed by atoms with E-state index in [9.17, 15) is 24.0 Å². The summed E-state index contributed by atoms with van der Waals surface area (Å²) in [6, 6.07) is 4.67. The summed E-state index contributed by atoms with van der Waals surface area (Å²) in [4.78, 5) is 59.5. The number of hydrogen-bond acceptors (Lipinski definition) is 12. The number of rotatable bonds is 10. The summed E-state index contributed by atoms with van der Waals surface area (Å²) >= 11 is 0. The summed E-state index contributed by atoms with van der Waals surface area (Å²) in [5.74, 6) is -2.47. The SMILES string of the molecule is CC(=O)OC[C@H]1O[C@@H](Oc2cc(O[Si](C)(C)C(C)(C)C)ccc2C=O)[C@H](OC(C)=O)[C@@H](OC(C)=O)[C@@H]1OC(C)=O. The van der Waals surface area contributed by atoms with Gasteiger partial charge in [-0.1, -0.05) is 20.8 Å². The molecule has 1 fully saturated rings. The van der Waals surface area contributed by atoms with Gasteiger partial charge in [-0.25, -0.2) is 0 Å². The van der Waals surface area contributed by atoms with Crippen LogP contribution in [0.2, 0.25) is 18.1 Å². The average Bonchev–Trinajstić information content (AvgIpc) is 2.80. The van der Waals surface area contributed by atoms with Crippen LogP contribution in [0.15, 0.2) is 18.2 Å². The lowest BCUT2D eigenvalue weighted by molar-refractivity contribution is -0.288. The quantitative estimate of drug-likeness (QED) is 0.172. The summed E-state index contributed by atoms with van der Waals surface area (Å²) in [7, 11) is -2.27. The van der Waals surface area contributed by atoms with Crippen LogP contribution < -0.4 is 9.16 Å². The van der Waals surface area contributed by atoms with Crippen LogP contribution >= 0.6 is 0 Å². The predicted octanol–water partition coefficient (Wildman–Crippen LogP) is 3.35. The van der Waals surface area contributed by atoms with Crippen molar-refractivity contribution in [3.05, 3.63) is 23.8 Å². The maximum Gasteiger partial charge on any atom is 0.303 e. The molecule has 1 saturated heterocycles. The van der Waals surface area contributed by atoms with Crippen molar-refractivity contribution in [3.63, 3.8) is 0 Å². The molecule has 1 aromatic rings.